The lowest BCUT2D eigenvalue weighted by atomic mass is 9.82. The van der Waals surface area contributed by atoms with Gasteiger partial charge in [0.15, 0.2) is 33.9 Å². The average molecular weight is 2130 g/mol. The van der Waals surface area contributed by atoms with Gasteiger partial charge in [0.1, 0.15) is 58.9 Å². The number of imidazole rings is 6. The first kappa shape index (κ1) is 105. The second-order valence-corrected chi connectivity index (χ2v) is 45.4. The highest BCUT2D eigenvalue weighted by Crippen LogP contribution is 2.48. The standard InChI is InChI=1S/2C18H21ClN4O2.2C18H23ClN4O2.C18H26N4O2.C17H21ClN4O2/c2*19-15-7-5-13-17(21-15)23(11-2-1-3-11)18(20-13)22-16(24)9-10-8-12-4-6-14(10)25-12;19-15-9-8-14-17(21-15)23(12-4-3-5-12)18(20-14)22-16(24)10-11-25-13-6-1-2-7-13;19-14-8-7-13-16(21-14)23(12-5-4-6-12)17(20-13)22-15(24)11-18(25)9-2-1-3-10-18;1-12(24-18(2,3)4)11-15(23)21-17-20-14-9-6-10-19-16(14)22(17)13-7-5-8-13;18-14-7-6-13-16(20-14)22(12-2-1-3-12)17(19-13)21-15(23)8-9-24-10-11-4-5-11/h2*5,7,10-12,14H,1-4,6,8-9H2,(H,20,22,24);8-9,12-13H,1-7,10-11H2,(H,20,22,24);7-8,12,25H,1-6,9-11H2,(H,20,22,24);6,9-10,12-13H,5,7-8,11H2,1-4H3,(H,20,21,23);6-7,11-12H,1-5,8-10H2,(H,19,21,23)/t10-,12+,14-;10-,12-,14+;;;12-;/m10..0./s1. The molecule has 25 rings (SSSR count). The molecule has 148 heavy (non-hydrogen) atoms. The Hall–Kier alpha value is -10.3. The molecule has 9 aliphatic carbocycles. The van der Waals surface area contributed by atoms with E-state index >= 15 is 0 Å². The van der Waals surface area contributed by atoms with Crippen molar-refractivity contribution in [2.24, 2.45) is 17.8 Å². The third-order valence-corrected chi connectivity index (χ3v) is 32.3. The molecular weight excluding hydrogens is 1990 g/mol. The first-order valence-corrected chi connectivity index (χ1v) is 55.8. The van der Waals surface area contributed by atoms with E-state index in [4.69, 9.17) is 81.7 Å². The molecule has 6 amide bonds. The summed E-state index contributed by atoms with van der Waals surface area (Å²) in [5.41, 5.74) is 8.03. The lowest BCUT2D eigenvalue weighted by molar-refractivity contribution is -0.123. The summed E-state index contributed by atoms with van der Waals surface area (Å²) in [6.07, 6.45) is 43.6. The van der Waals surface area contributed by atoms with E-state index < -0.39 is 5.60 Å². The zero-order valence-electron chi connectivity index (χ0n) is 84.7. The number of aromatic nitrogens is 18. The van der Waals surface area contributed by atoms with Gasteiger partial charge < -0.3 is 28.8 Å². The number of halogens is 5. The summed E-state index contributed by atoms with van der Waals surface area (Å²) in [6.45, 7) is 9.58. The fourth-order valence-electron chi connectivity index (χ4n) is 22.3. The van der Waals surface area contributed by atoms with Gasteiger partial charge in [0.25, 0.3) is 0 Å². The van der Waals surface area contributed by atoms with Crippen molar-refractivity contribution in [2.45, 2.75) is 375 Å². The Morgan fingerprint density at radius 2 is 0.730 bits per heavy atom. The molecule has 41 heteroatoms. The van der Waals surface area contributed by atoms with Gasteiger partial charge in [-0.3, -0.25) is 88.1 Å². The smallest absolute Gasteiger partial charge is 0.229 e. The van der Waals surface area contributed by atoms with Gasteiger partial charge in [-0.25, -0.2) is 59.8 Å². The van der Waals surface area contributed by atoms with Crippen molar-refractivity contribution < 1.29 is 57.6 Å². The Kier molecular flexibility index (Phi) is 33.2. The molecule has 4 bridgehead atoms. The maximum absolute atomic E-state index is 12.6. The predicted octanol–water partition coefficient (Wildman–Crippen LogP) is 22.6. The van der Waals surface area contributed by atoms with Crippen LogP contribution in [0.3, 0.4) is 0 Å². The van der Waals surface area contributed by atoms with Crippen LogP contribution in [0.5, 0.6) is 0 Å². The fraction of sp³-hybridized carbons (Fsp3) is 0.607. The van der Waals surface area contributed by atoms with Crippen molar-refractivity contribution in [3.8, 4) is 0 Å². The summed E-state index contributed by atoms with van der Waals surface area (Å²) >= 11 is 30.3. The minimum atomic E-state index is -0.878. The number of carbonyl (C=O) groups excluding carboxylic acids is 6. The second-order valence-electron chi connectivity index (χ2n) is 43.5. The molecule has 16 heterocycles. The van der Waals surface area contributed by atoms with Crippen molar-refractivity contribution in [1.82, 2.24) is 87.2 Å². The van der Waals surface area contributed by atoms with E-state index in [2.05, 4.69) is 105 Å². The number of pyridine rings is 6. The Labute approximate surface area is 884 Å². The number of hydrogen-bond acceptors (Lipinski definition) is 24. The topological polar surface area (TPSA) is 425 Å². The van der Waals surface area contributed by atoms with Gasteiger partial charge in [-0.1, -0.05) is 90.1 Å². The summed E-state index contributed by atoms with van der Waals surface area (Å²) in [5, 5.41) is 30.6. The molecule has 36 nitrogen and oxygen atoms in total. The Bertz CT molecular complexity index is 6620. The van der Waals surface area contributed by atoms with Crippen LogP contribution in [0.15, 0.2) is 79.0 Å². The van der Waals surface area contributed by atoms with E-state index in [1.54, 1.807) is 36.5 Å². The summed E-state index contributed by atoms with van der Waals surface area (Å²) in [7, 11) is 0. The van der Waals surface area contributed by atoms with Crippen molar-refractivity contribution in [3.05, 3.63) is 105 Å². The van der Waals surface area contributed by atoms with E-state index in [1.165, 1.54) is 57.8 Å². The van der Waals surface area contributed by atoms with Crippen LogP contribution in [0.1, 0.15) is 327 Å². The first-order valence-electron chi connectivity index (χ1n) is 53.9. The van der Waals surface area contributed by atoms with Crippen LogP contribution in [-0.4, -0.2) is 195 Å². The van der Waals surface area contributed by atoms with Gasteiger partial charge in [0.2, 0.25) is 71.1 Å². The van der Waals surface area contributed by atoms with E-state index in [1.807, 2.05) is 83.9 Å². The maximum Gasteiger partial charge on any atom is 0.229 e. The Balaban J connectivity index is 0.000000108. The van der Waals surface area contributed by atoms with Crippen LogP contribution in [0.2, 0.25) is 25.8 Å². The van der Waals surface area contributed by atoms with Crippen LogP contribution >= 0.6 is 58.0 Å². The molecule has 4 saturated heterocycles. The minimum Gasteiger partial charge on any atom is -0.389 e. The van der Waals surface area contributed by atoms with Crippen LogP contribution in [0.25, 0.3) is 67.0 Å². The largest absolute Gasteiger partial charge is 0.389 e. The molecule has 790 valence electrons. The molecule has 0 aromatic carbocycles. The van der Waals surface area contributed by atoms with Crippen LogP contribution in [-0.2, 0) is 52.5 Å². The lowest BCUT2D eigenvalue weighted by Crippen LogP contribution is -2.36. The summed E-state index contributed by atoms with van der Waals surface area (Å²) in [5.74, 6) is 4.46. The molecule has 0 radical (unpaired) electrons. The van der Waals surface area contributed by atoms with Gasteiger partial charge in [0, 0.05) is 61.9 Å². The van der Waals surface area contributed by atoms with Gasteiger partial charge in [0.05, 0.1) is 86.7 Å². The number of hydrogen-bond donors (Lipinski definition) is 7. The van der Waals surface area contributed by atoms with Crippen LogP contribution in [0, 0.1) is 17.8 Å². The summed E-state index contributed by atoms with van der Waals surface area (Å²) in [4.78, 5) is 129. The first-order chi connectivity index (χ1) is 71.6. The summed E-state index contributed by atoms with van der Waals surface area (Å²) < 4.78 is 41.1. The highest BCUT2D eigenvalue weighted by atomic mass is 35.5. The molecule has 12 aromatic rings. The third kappa shape index (κ3) is 25.5. The number of anilines is 6. The number of nitrogens with one attached hydrogen (secondary N) is 6. The number of rotatable bonds is 30. The number of ether oxygens (including phenoxy) is 5. The van der Waals surface area contributed by atoms with E-state index in [0.717, 1.165) is 222 Å². The van der Waals surface area contributed by atoms with Gasteiger partial charge in [-0.15, -0.1) is 0 Å². The molecule has 13 fully saturated rings. The number of carbonyl (C=O) groups is 6. The highest BCUT2D eigenvalue weighted by molar-refractivity contribution is 6.31. The molecule has 0 unspecified atom stereocenters. The van der Waals surface area contributed by atoms with Gasteiger partial charge in [-0.2, -0.15) is 0 Å². The molecule has 4 aliphatic heterocycles. The number of aliphatic hydroxyl groups is 1. The lowest BCUT2D eigenvalue weighted by Gasteiger charge is -2.32. The molecule has 7 N–H and O–H groups in total. The van der Waals surface area contributed by atoms with Crippen molar-refractivity contribution >= 4 is 196 Å². The van der Waals surface area contributed by atoms with Crippen molar-refractivity contribution in [2.75, 3.05) is 51.7 Å². The monoisotopic (exact) mass is 2120 g/mol. The number of amides is 6. The molecule has 9 saturated carbocycles. The zero-order valence-corrected chi connectivity index (χ0v) is 88.4. The third-order valence-electron chi connectivity index (χ3n) is 31.3. The normalized spacial score (nSPS) is 21.8. The maximum atomic E-state index is 12.6. The predicted molar refractivity (Wildman–Crippen MR) is 569 cm³/mol. The van der Waals surface area contributed by atoms with E-state index in [9.17, 15) is 33.9 Å². The number of nitrogens with zero attached hydrogens (tertiary/aromatic N) is 18. The van der Waals surface area contributed by atoms with E-state index in [-0.39, 0.29) is 65.8 Å². The highest BCUT2D eigenvalue weighted by Gasteiger charge is 2.45. The SMILES string of the molecule is C[C@@H](CC(=O)Nc1nc2cccnc2n1C1CCC1)OC(C)(C)C.O=C(CC1(O)CCCCC1)Nc1nc2ccc(Cl)nc2n1C1CCC1.O=C(CCOC1CCCC1)Nc1nc2ccc(Cl)nc2n1C1CCC1.O=C(CCOCC1CC1)Nc1nc2ccc(Cl)nc2n1C1CCC1.O=C(C[C@@H]1C[C@@H]2CC[C@H]1O2)Nc1nc2ccc(Cl)nc2n1C1CCC1.O=C(C[C@H]1C[C@@H]2CC[C@H]1O2)Nc1nc2ccc(Cl)nc2n1C1CCC1. The van der Waals surface area contributed by atoms with Crippen LogP contribution < -0.4 is 31.9 Å². The van der Waals surface area contributed by atoms with Crippen molar-refractivity contribution in [1.29, 1.82) is 0 Å². The number of fused-ring (bicyclic) bond motifs is 10. The van der Waals surface area contributed by atoms with Crippen LogP contribution in [0.4, 0.5) is 35.7 Å². The zero-order chi connectivity index (χ0) is 102. The quantitative estimate of drug-likeness (QED) is 0.0162. The second kappa shape index (κ2) is 46.9. The minimum absolute atomic E-state index is 0.0168. The molecule has 0 spiro atoms. The van der Waals surface area contributed by atoms with E-state index in [0.29, 0.717) is 198 Å². The molecule has 13 aliphatic rings. The summed E-state index contributed by atoms with van der Waals surface area (Å²) in [6, 6.07) is 23.7. The van der Waals surface area contributed by atoms with Gasteiger partial charge in [-0.05, 0) is 311 Å². The fourth-order valence-corrected chi connectivity index (χ4v) is 23.0. The average Bonchev–Trinajstić information content (AvgIpc) is 1.64. The molecule has 12 aromatic heterocycles. The van der Waals surface area contributed by atoms with Crippen molar-refractivity contribution in [3.63, 3.8) is 0 Å². The molecule has 7 atom stereocenters. The Morgan fingerprint density at radius 1 is 0.392 bits per heavy atom. The Morgan fingerprint density at radius 3 is 1.06 bits per heavy atom. The molecular formula is C107H135Cl5N24O12. The van der Waals surface area contributed by atoms with Gasteiger partial charge >= 0.3 is 0 Å².